The number of carbonyl (C=O) groups is 3. The zero-order chi connectivity index (χ0) is 15.1. The quantitative estimate of drug-likeness (QED) is 0.687. The van der Waals surface area contributed by atoms with Crippen LogP contribution in [0.15, 0.2) is 16.7 Å². The molecule has 1 aromatic heterocycles. The molecule has 1 heterocycles. The van der Waals surface area contributed by atoms with E-state index in [0.29, 0.717) is 12.5 Å². The molecule has 0 spiro atoms. The molecule has 0 aliphatic heterocycles. The predicted octanol–water partition coefficient (Wildman–Crippen LogP) is 0.870. The van der Waals surface area contributed by atoms with E-state index < -0.39 is 11.9 Å². The van der Waals surface area contributed by atoms with Crippen molar-refractivity contribution in [2.75, 3.05) is 13.1 Å². The van der Waals surface area contributed by atoms with E-state index in [2.05, 4.69) is 10.6 Å². The van der Waals surface area contributed by atoms with Gasteiger partial charge in [-0.1, -0.05) is 13.8 Å². The summed E-state index contributed by atoms with van der Waals surface area (Å²) < 4.78 is 4.83. The fourth-order valence-electron chi connectivity index (χ4n) is 1.35. The van der Waals surface area contributed by atoms with E-state index in [4.69, 9.17) is 9.52 Å². The molecule has 1 rings (SSSR count). The summed E-state index contributed by atoms with van der Waals surface area (Å²) in [6, 6.07) is 1.14. The van der Waals surface area contributed by atoms with Gasteiger partial charge in [-0.15, -0.1) is 0 Å². The van der Waals surface area contributed by atoms with E-state index in [1.807, 2.05) is 13.8 Å². The third kappa shape index (κ3) is 5.13. The SMILES string of the molecule is CC(C)CNC(=O)CCNC(=O)c1cc(C(=O)O)co1. The number of carboxylic acids is 1. The summed E-state index contributed by atoms with van der Waals surface area (Å²) in [6.07, 6.45) is 1.15. The molecule has 0 aliphatic carbocycles. The highest BCUT2D eigenvalue weighted by Crippen LogP contribution is 2.07. The Bertz CT molecular complexity index is 493. The minimum atomic E-state index is -1.17. The highest BCUT2D eigenvalue weighted by atomic mass is 16.4. The number of carboxylic acid groups (broad SMARTS) is 1. The lowest BCUT2D eigenvalue weighted by atomic mass is 10.2. The maximum Gasteiger partial charge on any atom is 0.338 e. The Balaban J connectivity index is 2.32. The van der Waals surface area contributed by atoms with Crippen molar-refractivity contribution in [2.45, 2.75) is 20.3 Å². The topological polar surface area (TPSA) is 109 Å². The van der Waals surface area contributed by atoms with Crippen molar-refractivity contribution in [1.29, 1.82) is 0 Å². The monoisotopic (exact) mass is 282 g/mol. The molecule has 0 saturated carbocycles. The van der Waals surface area contributed by atoms with Crippen LogP contribution < -0.4 is 10.6 Å². The van der Waals surface area contributed by atoms with Gasteiger partial charge in [-0.05, 0) is 5.92 Å². The van der Waals surface area contributed by atoms with Crippen molar-refractivity contribution in [3.05, 3.63) is 23.7 Å². The average molecular weight is 282 g/mol. The molecule has 2 amide bonds. The Kier molecular flexibility index (Phi) is 5.76. The summed E-state index contributed by atoms with van der Waals surface area (Å²) >= 11 is 0. The minimum absolute atomic E-state index is 0.0926. The molecule has 7 heteroatoms. The molecule has 0 aliphatic rings. The van der Waals surface area contributed by atoms with E-state index in [-0.39, 0.29) is 30.2 Å². The maximum atomic E-state index is 11.6. The van der Waals surface area contributed by atoms with Crippen molar-refractivity contribution in [3.63, 3.8) is 0 Å². The highest BCUT2D eigenvalue weighted by Gasteiger charge is 2.14. The average Bonchev–Trinajstić information content (AvgIpc) is 2.86. The standard InChI is InChI=1S/C13H18N2O5/c1-8(2)6-15-11(16)3-4-14-12(17)10-5-9(7-20-10)13(18)19/h5,7-8H,3-4,6H2,1-2H3,(H,14,17)(H,15,16)(H,18,19). The van der Waals surface area contributed by atoms with Gasteiger partial charge in [-0.2, -0.15) is 0 Å². The van der Waals surface area contributed by atoms with E-state index in [0.717, 1.165) is 12.3 Å². The van der Waals surface area contributed by atoms with Crippen LogP contribution in [0.5, 0.6) is 0 Å². The first-order chi connectivity index (χ1) is 9.40. The molecule has 0 bridgehead atoms. The molecular weight excluding hydrogens is 264 g/mol. The van der Waals surface area contributed by atoms with Crippen LogP contribution in [-0.4, -0.2) is 36.0 Å². The molecule has 0 radical (unpaired) electrons. The molecule has 0 aromatic carbocycles. The summed E-state index contributed by atoms with van der Waals surface area (Å²) in [6.45, 7) is 4.72. The van der Waals surface area contributed by atoms with E-state index in [1.165, 1.54) is 0 Å². The molecule has 20 heavy (non-hydrogen) atoms. The molecule has 0 fully saturated rings. The molecular formula is C13H18N2O5. The number of hydrogen-bond acceptors (Lipinski definition) is 4. The van der Waals surface area contributed by atoms with Crippen LogP contribution in [-0.2, 0) is 4.79 Å². The summed E-state index contributed by atoms with van der Waals surface area (Å²) in [5, 5.41) is 13.9. The molecule has 0 saturated heterocycles. The van der Waals surface area contributed by atoms with E-state index >= 15 is 0 Å². The fraction of sp³-hybridized carbons (Fsp3) is 0.462. The number of nitrogens with one attached hydrogen (secondary N) is 2. The van der Waals surface area contributed by atoms with Gasteiger partial charge < -0.3 is 20.2 Å². The molecule has 3 N–H and O–H groups in total. The van der Waals surface area contributed by atoms with Crippen molar-refractivity contribution in [3.8, 4) is 0 Å². The van der Waals surface area contributed by atoms with Crippen LogP contribution in [0.4, 0.5) is 0 Å². The number of furan rings is 1. The van der Waals surface area contributed by atoms with Crippen molar-refractivity contribution in [2.24, 2.45) is 5.92 Å². The van der Waals surface area contributed by atoms with E-state index in [1.54, 1.807) is 0 Å². The molecule has 7 nitrogen and oxygen atoms in total. The van der Waals surface area contributed by atoms with Gasteiger partial charge in [0.05, 0.1) is 5.56 Å². The van der Waals surface area contributed by atoms with Gasteiger partial charge in [0.1, 0.15) is 6.26 Å². The smallest absolute Gasteiger partial charge is 0.338 e. The molecule has 0 atom stereocenters. The summed E-state index contributed by atoms with van der Waals surface area (Å²) in [7, 11) is 0. The van der Waals surface area contributed by atoms with Crippen LogP contribution in [0.25, 0.3) is 0 Å². The Morgan fingerprint density at radius 3 is 2.55 bits per heavy atom. The van der Waals surface area contributed by atoms with Gasteiger partial charge >= 0.3 is 5.97 Å². The summed E-state index contributed by atoms with van der Waals surface area (Å²) in [5.41, 5.74) is -0.0928. The van der Waals surface area contributed by atoms with Gasteiger partial charge in [0.2, 0.25) is 5.91 Å². The lowest BCUT2D eigenvalue weighted by molar-refractivity contribution is -0.121. The Labute approximate surface area is 116 Å². The predicted molar refractivity (Wildman–Crippen MR) is 70.5 cm³/mol. The van der Waals surface area contributed by atoms with Gasteiger partial charge in [0.15, 0.2) is 5.76 Å². The van der Waals surface area contributed by atoms with Crippen LogP contribution >= 0.6 is 0 Å². The van der Waals surface area contributed by atoms with Crippen LogP contribution in [0.3, 0.4) is 0 Å². The second kappa shape index (κ2) is 7.32. The normalized spacial score (nSPS) is 10.3. The Morgan fingerprint density at radius 1 is 1.30 bits per heavy atom. The maximum absolute atomic E-state index is 11.6. The first kappa shape index (κ1) is 15.7. The lowest BCUT2D eigenvalue weighted by Crippen LogP contribution is -2.32. The lowest BCUT2D eigenvalue weighted by Gasteiger charge is -2.07. The van der Waals surface area contributed by atoms with Crippen molar-refractivity contribution in [1.82, 2.24) is 10.6 Å². The van der Waals surface area contributed by atoms with Gasteiger partial charge in [0.25, 0.3) is 5.91 Å². The number of aromatic carboxylic acids is 1. The Hall–Kier alpha value is -2.31. The second-order valence-electron chi connectivity index (χ2n) is 4.71. The zero-order valence-corrected chi connectivity index (χ0v) is 11.4. The fourth-order valence-corrected chi connectivity index (χ4v) is 1.35. The van der Waals surface area contributed by atoms with Crippen molar-refractivity contribution >= 4 is 17.8 Å². The highest BCUT2D eigenvalue weighted by molar-refractivity contribution is 5.95. The number of hydrogen-bond donors (Lipinski definition) is 3. The van der Waals surface area contributed by atoms with Crippen molar-refractivity contribution < 1.29 is 23.9 Å². The number of carbonyl (C=O) groups excluding carboxylic acids is 2. The first-order valence-corrected chi connectivity index (χ1v) is 6.27. The van der Waals surface area contributed by atoms with Crippen LogP contribution in [0.2, 0.25) is 0 Å². The van der Waals surface area contributed by atoms with Crippen LogP contribution in [0.1, 0.15) is 41.2 Å². The molecule has 0 unspecified atom stereocenters. The summed E-state index contributed by atoms with van der Waals surface area (Å²) in [5.74, 6) is -1.59. The number of amides is 2. The third-order valence-electron chi connectivity index (χ3n) is 2.42. The Morgan fingerprint density at radius 2 is 2.00 bits per heavy atom. The molecule has 110 valence electrons. The summed E-state index contributed by atoms with van der Waals surface area (Å²) in [4.78, 5) is 33.6. The largest absolute Gasteiger partial charge is 0.478 e. The van der Waals surface area contributed by atoms with E-state index in [9.17, 15) is 14.4 Å². The zero-order valence-electron chi connectivity index (χ0n) is 11.4. The number of rotatable bonds is 7. The van der Waals surface area contributed by atoms with Gasteiger partial charge in [0, 0.05) is 25.6 Å². The van der Waals surface area contributed by atoms with Crippen LogP contribution in [0, 0.1) is 5.92 Å². The first-order valence-electron chi connectivity index (χ1n) is 6.27. The second-order valence-corrected chi connectivity index (χ2v) is 4.71. The van der Waals surface area contributed by atoms with Gasteiger partial charge in [-0.25, -0.2) is 4.79 Å². The third-order valence-corrected chi connectivity index (χ3v) is 2.42. The van der Waals surface area contributed by atoms with Gasteiger partial charge in [-0.3, -0.25) is 9.59 Å². The minimum Gasteiger partial charge on any atom is -0.478 e. The molecule has 1 aromatic rings.